The fraction of sp³-hybridized carbons (Fsp3) is 0.800. The first-order valence-corrected chi connectivity index (χ1v) is 4.78. The molecule has 0 aliphatic rings. The molecule has 0 bridgehead atoms. The van der Waals surface area contributed by atoms with E-state index in [0.29, 0.717) is 12.5 Å². The number of hydrogen-bond acceptors (Lipinski definition) is 3. The Morgan fingerprint density at radius 2 is 1.93 bits per heavy atom. The van der Waals surface area contributed by atoms with Gasteiger partial charge in [0.2, 0.25) is 5.91 Å². The summed E-state index contributed by atoms with van der Waals surface area (Å²) in [5.74, 6) is -0.104. The average Bonchev–Trinajstić information content (AvgIpc) is 2.13. The number of methoxy groups -OCH3 is 1. The molecular formula is C10H19NO3. The number of carbonyl (C=O) groups excluding carboxylic acids is 2. The molecule has 0 heterocycles. The molecule has 0 fully saturated rings. The first-order chi connectivity index (χ1) is 6.47. The molecule has 0 saturated carbocycles. The zero-order valence-corrected chi connectivity index (χ0v) is 9.37. The van der Waals surface area contributed by atoms with Gasteiger partial charge >= 0.3 is 5.97 Å². The highest BCUT2D eigenvalue weighted by Gasteiger charge is 2.13. The molecule has 0 aromatic carbocycles. The first-order valence-electron chi connectivity index (χ1n) is 4.78. The van der Waals surface area contributed by atoms with Crippen LogP contribution in [0.4, 0.5) is 0 Å². The zero-order valence-electron chi connectivity index (χ0n) is 9.37. The quantitative estimate of drug-likeness (QED) is 0.493. The summed E-state index contributed by atoms with van der Waals surface area (Å²) in [7, 11) is 2.98. The van der Waals surface area contributed by atoms with Crippen LogP contribution in [0.25, 0.3) is 0 Å². The summed E-state index contributed by atoms with van der Waals surface area (Å²) in [6.07, 6.45) is 0.786. The lowest BCUT2D eigenvalue weighted by Crippen LogP contribution is -2.30. The van der Waals surface area contributed by atoms with Gasteiger partial charge in [0.05, 0.1) is 7.11 Å². The van der Waals surface area contributed by atoms with E-state index in [1.807, 2.05) is 0 Å². The highest BCUT2D eigenvalue weighted by molar-refractivity contribution is 5.94. The molecule has 0 rings (SSSR count). The minimum absolute atomic E-state index is 0.162. The van der Waals surface area contributed by atoms with E-state index in [4.69, 9.17) is 0 Å². The third kappa shape index (κ3) is 5.56. The fourth-order valence-electron chi connectivity index (χ4n) is 0.907. The lowest BCUT2D eigenvalue weighted by Gasteiger charge is -2.17. The predicted octanol–water partition coefficient (Wildman–Crippen LogP) is 1.05. The van der Waals surface area contributed by atoms with Gasteiger partial charge in [-0.2, -0.15) is 0 Å². The van der Waals surface area contributed by atoms with Crippen molar-refractivity contribution in [3.05, 3.63) is 0 Å². The summed E-state index contributed by atoms with van der Waals surface area (Å²) >= 11 is 0. The molecule has 4 heteroatoms. The SMILES string of the molecule is COC(=O)CC(=O)N(C)CCC(C)C. The average molecular weight is 201 g/mol. The van der Waals surface area contributed by atoms with Crippen molar-refractivity contribution < 1.29 is 14.3 Å². The monoisotopic (exact) mass is 201 g/mol. The Hall–Kier alpha value is -1.06. The summed E-state index contributed by atoms with van der Waals surface area (Å²) in [5, 5.41) is 0. The Bertz CT molecular complexity index is 202. The second-order valence-electron chi connectivity index (χ2n) is 3.75. The van der Waals surface area contributed by atoms with Gasteiger partial charge in [-0.25, -0.2) is 0 Å². The van der Waals surface area contributed by atoms with Crippen molar-refractivity contribution in [2.75, 3.05) is 20.7 Å². The van der Waals surface area contributed by atoms with E-state index in [1.54, 1.807) is 11.9 Å². The van der Waals surface area contributed by atoms with Crippen molar-refractivity contribution >= 4 is 11.9 Å². The zero-order chi connectivity index (χ0) is 11.1. The second-order valence-corrected chi connectivity index (χ2v) is 3.75. The highest BCUT2D eigenvalue weighted by atomic mass is 16.5. The van der Waals surface area contributed by atoms with Crippen molar-refractivity contribution in [2.24, 2.45) is 5.92 Å². The Balaban J connectivity index is 3.82. The molecule has 0 aliphatic carbocycles. The Morgan fingerprint density at radius 3 is 2.36 bits per heavy atom. The van der Waals surface area contributed by atoms with Crippen LogP contribution in [0.5, 0.6) is 0 Å². The maximum Gasteiger partial charge on any atom is 0.315 e. The number of amides is 1. The van der Waals surface area contributed by atoms with Crippen molar-refractivity contribution in [3.63, 3.8) is 0 Å². The Morgan fingerprint density at radius 1 is 1.36 bits per heavy atom. The molecule has 0 unspecified atom stereocenters. The summed E-state index contributed by atoms with van der Waals surface area (Å²) < 4.78 is 4.41. The molecule has 14 heavy (non-hydrogen) atoms. The topological polar surface area (TPSA) is 46.6 Å². The highest BCUT2D eigenvalue weighted by Crippen LogP contribution is 2.02. The van der Waals surface area contributed by atoms with Crippen LogP contribution in [0.1, 0.15) is 26.7 Å². The lowest BCUT2D eigenvalue weighted by atomic mass is 10.1. The van der Waals surface area contributed by atoms with Gasteiger partial charge in [0.15, 0.2) is 0 Å². The molecule has 4 nitrogen and oxygen atoms in total. The lowest BCUT2D eigenvalue weighted by molar-refractivity contribution is -0.146. The molecule has 0 N–H and O–H groups in total. The number of ether oxygens (including phenoxy) is 1. The molecule has 82 valence electrons. The standard InChI is InChI=1S/C10H19NO3/c1-8(2)5-6-11(3)9(12)7-10(13)14-4/h8H,5-7H2,1-4H3. The Labute approximate surface area is 85.2 Å². The number of carbonyl (C=O) groups is 2. The maximum absolute atomic E-state index is 11.3. The van der Waals surface area contributed by atoms with Crippen molar-refractivity contribution in [1.82, 2.24) is 4.90 Å². The number of hydrogen-bond donors (Lipinski definition) is 0. The third-order valence-corrected chi connectivity index (χ3v) is 1.99. The molecule has 0 aromatic rings. The van der Waals surface area contributed by atoms with Crippen molar-refractivity contribution in [1.29, 1.82) is 0 Å². The van der Waals surface area contributed by atoms with E-state index in [-0.39, 0.29) is 12.3 Å². The molecule has 0 aliphatic heterocycles. The minimum atomic E-state index is -0.480. The van der Waals surface area contributed by atoms with Crippen LogP contribution in [0.3, 0.4) is 0 Å². The summed E-state index contributed by atoms with van der Waals surface area (Å²) in [6, 6.07) is 0. The van der Waals surface area contributed by atoms with Crippen molar-refractivity contribution in [2.45, 2.75) is 26.7 Å². The summed E-state index contributed by atoms with van der Waals surface area (Å²) in [5.41, 5.74) is 0. The van der Waals surface area contributed by atoms with Crippen LogP contribution in [0, 0.1) is 5.92 Å². The van der Waals surface area contributed by atoms with Crippen LogP contribution in [-0.4, -0.2) is 37.5 Å². The van der Waals surface area contributed by atoms with Crippen LogP contribution in [0.2, 0.25) is 0 Å². The van der Waals surface area contributed by atoms with Crippen molar-refractivity contribution in [3.8, 4) is 0 Å². The molecule has 0 saturated heterocycles. The van der Waals surface area contributed by atoms with E-state index < -0.39 is 5.97 Å². The number of esters is 1. The normalized spacial score (nSPS) is 10.1. The first kappa shape index (κ1) is 12.9. The molecule has 0 aromatic heterocycles. The van der Waals surface area contributed by atoms with E-state index in [0.717, 1.165) is 6.42 Å². The summed E-state index contributed by atoms with van der Waals surface area (Å²) in [6.45, 7) is 4.88. The van der Waals surface area contributed by atoms with Gasteiger partial charge in [0.1, 0.15) is 6.42 Å². The fourth-order valence-corrected chi connectivity index (χ4v) is 0.907. The maximum atomic E-state index is 11.3. The van der Waals surface area contributed by atoms with E-state index in [2.05, 4.69) is 18.6 Å². The number of nitrogens with zero attached hydrogens (tertiary/aromatic N) is 1. The molecule has 0 atom stereocenters. The van der Waals surface area contributed by atoms with E-state index in [9.17, 15) is 9.59 Å². The van der Waals surface area contributed by atoms with Gasteiger partial charge in [-0.1, -0.05) is 13.8 Å². The summed E-state index contributed by atoms with van der Waals surface area (Å²) in [4.78, 5) is 23.7. The largest absolute Gasteiger partial charge is 0.469 e. The van der Waals surface area contributed by atoms with Gasteiger partial charge in [-0.3, -0.25) is 9.59 Å². The predicted molar refractivity (Wildman–Crippen MR) is 53.7 cm³/mol. The molecular weight excluding hydrogens is 182 g/mol. The minimum Gasteiger partial charge on any atom is -0.469 e. The van der Waals surface area contributed by atoms with Gasteiger partial charge in [-0.15, -0.1) is 0 Å². The molecule has 1 amide bonds. The third-order valence-electron chi connectivity index (χ3n) is 1.99. The van der Waals surface area contributed by atoms with Crippen LogP contribution in [0.15, 0.2) is 0 Å². The number of rotatable bonds is 5. The second kappa shape index (κ2) is 6.40. The van der Waals surface area contributed by atoms with Gasteiger partial charge in [0, 0.05) is 13.6 Å². The Kier molecular flexibility index (Phi) is 5.92. The van der Waals surface area contributed by atoms with Gasteiger partial charge < -0.3 is 9.64 Å². The van der Waals surface area contributed by atoms with Crippen LogP contribution < -0.4 is 0 Å². The van der Waals surface area contributed by atoms with Crippen LogP contribution in [-0.2, 0) is 14.3 Å². The molecule has 0 spiro atoms. The van der Waals surface area contributed by atoms with Crippen LogP contribution >= 0.6 is 0 Å². The van der Waals surface area contributed by atoms with E-state index >= 15 is 0 Å². The van der Waals surface area contributed by atoms with Gasteiger partial charge in [0.25, 0.3) is 0 Å². The van der Waals surface area contributed by atoms with E-state index in [1.165, 1.54) is 7.11 Å². The molecule has 0 radical (unpaired) electrons. The van der Waals surface area contributed by atoms with Gasteiger partial charge in [-0.05, 0) is 12.3 Å². The smallest absolute Gasteiger partial charge is 0.315 e.